The minimum Gasteiger partial charge on any atom is -0.342 e. The van der Waals surface area contributed by atoms with Crippen molar-refractivity contribution in [3.8, 4) is 0 Å². The topological polar surface area (TPSA) is 74.8 Å². The van der Waals surface area contributed by atoms with E-state index >= 15 is 0 Å². The molecule has 0 radical (unpaired) electrons. The third-order valence-electron chi connectivity index (χ3n) is 8.00. The van der Waals surface area contributed by atoms with Crippen LogP contribution in [0.3, 0.4) is 0 Å². The van der Waals surface area contributed by atoms with Crippen LogP contribution in [0.1, 0.15) is 75.3 Å². The van der Waals surface area contributed by atoms with Crippen molar-refractivity contribution in [3.05, 3.63) is 29.3 Å². The molecule has 0 N–H and O–H groups in total. The molecule has 2 saturated heterocycles. The van der Waals surface area contributed by atoms with Crippen molar-refractivity contribution in [2.24, 2.45) is 5.92 Å². The summed E-state index contributed by atoms with van der Waals surface area (Å²) in [5.74, 6) is -0.0773. The lowest BCUT2D eigenvalue weighted by Crippen LogP contribution is -2.55. The number of nitrogens with zero attached hydrogens (tertiary/aromatic N) is 2. The summed E-state index contributed by atoms with van der Waals surface area (Å²) >= 11 is 0. The van der Waals surface area contributed by atoms with Gasteiger partial charge in [0.15, 0.2) is 14.6 Å². The molecular weight excluding hydrogens is 436 g/mol. The first-order valence-electron chi connectivity index (χ1n) is 12.7. The molecule has 4 rings (SSSR count). The normalized spacial score (nSPS) is 22.2. The molecule has 1 saturated carbocycles. The van der Waals surface area contributed by atoms with Gasteiger partial charge in [-0.1, -0.05) is 37.8 Å². The van der Waals surface area contributed by atoms with Crippen LogP contribution in [0.4, 0.5) is 0 Å². The van der Waals surface area contributed by atoms with Gasteiger partial charge >= 0.3 is 0 Å². The summed E-state index contributed by atoms with van der Waals surface area (Å²) in [4.78, 5) is 30.9. The van der Waals surface area contributed by atoms with E-state index in [1.807, 2.05) is 24.0 Å². The van der Waals surface area contributed by atoms with Crippen molar-refractivity contribution in [1.29, 1.82) is 0 Å². The van der Waals surface area contributed by atoms with Crippen LogP contribution in [-0.4, -0.2) is 61.0 Å². The van der Waals surface area contributed by atoms with Crippen LogP contribution in [-0.2, 0) is 19.4 Å². The quantitative estimate of drug-likeness (QED) is 0.660. The Morgan fingerprint density at radius 1 is 0.848 bits per heavy atom. The van der Waals surface area contributed by atoms with E-state index in [1.54, 1.807) is 17.9 Å². The molecule has 3 aliphatic rings. The summed E-state index contributed by atoms with van der Waals surface area (Å²) in [7, 11) is -3.82. The summed E-state index contributed by atoms with van der Waals surface area (Å²) in [5, 5.41) is 0. The lowest BCUT2D eigenvalue weighted by atomic mass is 9.93. The van der Waals surface area contributed by atoms with E-state index in [1.165, 1.54) is 12.8 Å². The third kappa shape index (κ3) is 4.58. The highest BCUT2D eigenvalue weighted by atomic mass is 32.2. The van der Waals surface area contributed by atoms with Crippen LogP contribution in [0.5, 0.6) is 0 Å². The Morgan fingerprint density at radius 3 is 2.06 bits per heavy atom. The second-order valence-corrected chi connectivity index (χ2v) is 12.5. The first-order chi connectivity index (χ1) is 15.8. The van der Waals surface area contributed by atoms with Gasteiger partial charge < -0.3 is 9.80 Å². The molecule has 0 unspecified atom stereocenters. The Bertz CT molecular complexity index is 982. The number of carbonyl (C=O) groups is 2. The van der Waals surface area contributed by atoms with Gasteiger partial charge in [-0.15, -0.1) is 0 Å². The number of piperidine rings is 1. The van der Waals surface area contributed by atoms with E-state index in [0.29, 0.717) is 49.2 Å². The highest BCUT2D eigenvalue weighted by Gasteiger charge is 2.55. The molecule has 2 amide bonds. The number of rotatable bonds is 4. The van der Waals surface area contributed by atoms with Crippen molar-refractivity contribution in [3.63, 3.8) is 0 Å². The molecule has 1 aromatic carbocycles. The van der Waals surface area contributed by atoms with Gasteiger partial charge in [-0.2, -0.15) is 0 Å². The fourth-order valence-electron chi connectivity index (χ4n) is 5.92. The maximum atomic E-state index is 13.9. The van der Waals surface area contributed by atoms with E-state index in [2.05, 4.69) is 0 Å². The van der Waals surface area contributed by atoms with Crippen molar-refractivity contribution in [2.75, 3.05) is 26.2 Å². The first kappa shape index (κ1) is 24.2. The summed E-state index contributed by atoms with van der Waals surface area (Å²) < 4.78 is 26.5. The molecule has 33 heavy (non-hydrogen) atoms. The maximum absolute atomic E-state index is 13.9. The highest BCUT2D eigenvalue weighted by molar-refractivity contribution is 7.93. The summed E-state index contributed by atoms with van der Waals surface area (Å²) in [6.45, 7) is 6.30. The van der Waals surface area contributed by atoms with E-state index in [9.17, 15) is 18.0 Å². The van der Waals surface area contributed by atoms with Gasteiger partial charge in [0, 0.05) is 32.1 Å². The smallest absolute Gasteiger partial charge is 0.244 e. The molecule has 7 heteroatoms. The monoisotopic (exact) mass is 474 g/mol. The Hall–Kier alpha value is -1.89. The van der Waals surface area contributed by atoms with E-state index < -0.39 is 14.6 Å². The average Bonchev–Trinajstić information content (AvgIpc) is 3.18. The van der Waals surface area contributed by atoms with Crippen LogP contribution < -0.4 is 0 Å². The molecule has 182 valence electrons. The fourth-order valence-corrected chi connectivity index (χ4v) is 8.36. The van der Waals surface area contributed by atoms with E-state index in [0.717, 1.165) is 44.3 Å². The van der Waals surface area contributed by atoms with Crippen LogP contribution in [0.15, 0.2) is 23.1 Å². The largest absolute Gasteiger partial charge is 0.342 e. The SMILES string of the molecule is Cc1ccc(C)c(S(=O)(=O)C2(C(=O)N3CCC(C(=O)N4CCCCCC4)CC3)CCCC2)c1. The number of likely N-dealkylation sites (tertiary alicyclic amines) is 2. The molecule has 6 nitrogen and oxygen atoms in total. The van der Waals surface area contributed by atoms with Gasteiger partial charge in [0.05, 0.1) is 4.90 Å². The first-order valence-corrected chi connectivity index (χ1v) is 14.1. The number of amides is 2. The summed E-state index contributed by atoms with van der Waals surface area (Å²) in [6.07, 6.45) is 8.04. The predicted molar refractivity (Wildman–Crippen MR) is 129 cm³/mol. The van der Waals surface area contributed by atoms with Crippen molar-refractivity contribution < 1.29 is 18.0 Å². The van der Waals surface area contributed by atoms with E-state index in [4.69, 9.17) is 0 Å². The zero-order valence-electron chi connectivity index (χ0n) is 20.1. The van der Waals surface area contributed by atoms with Crippen LogP contribution >= 0.6 is 0 Å². The Labute approximate surface area is 198 Å². The number of benzene rings is 1. The third-order valence-corrected chi connectivity index (χ3v) is 10.6. The lowest BCUT2D eigenvalue weighted by molar-refractivity contribution is -0.141. The van der Waals surface area contributed by atoms with E-state index in [-0.39, 0.29) is 17.7 Å². The molecule has 0 spiro atoms. The average molecular weight is 475 g/mol. The highest BCUT2D eigenvalue weighted by Crippen LogP contribution is 2.43. The van der Waals surface area contributed by atoms with Gasteiger partial charge in [-0.05, 0) is 69.6 Å². The second-order valence-electron chi connectivity index (χ2n) is 10.3. The Kier molecular flexibility index (Phi) is 7.18. The summed E-state index contributed by atoms with van der Waals surface area (Å²) in [6, 6.07) is 5.45. The van der Waals surface area contributed by atoms with Crippen LogP contribution in [0.2, 0.25) is 0 Å². The Morgan fingerprint density at radius 2 is 1.45 bits per heavy atom. The lowest BCUT2D eigenvalue weighted by Gasteiger charge is -2.39. The standard InChI is InChI=1S/C26H38N2O4S/c1-20-9-10-21(2)23(19-20)33(31,32)26(13-5-6-14-26)25(30)28-17-11-22(12-18-28)24(29)27-15-7-3-4-8-16-27/h9-10,19,22H,3-8,11-18H2,1-2H3. The zero-order chi connectivity index (χ0) is 23.6. The van der Waals surface area contributed by atoms with Gasteiger partial charge in [0.2, 0.25) is 11.8 Å². The summed E-state index contributed by atoms with van der Waals surface area (Å²) in [5.41, 5.74) is 1.58. The number of sulfone groups is 1. The van der Waals surface area contributed by atoms with Gasteiger partial charge in [-0.25, -0.2) is 8.42 Å². The molecule has 3 fully saturated rings. The molecular formula is C26H38N2O4S. The number of hydrogen-bond donors (Lipinski definition) is 0. The molecule has 0 bridgehead atoms. The molecule has 1 aromatic rings. The fraction of sp³-hybridized carbons (Fsp3) is 0.692. The molecule has 1 aliphatic carbocycles. The van der Waals surface area contributed by atoms with Gasteiger partial charge in [0.1, 0.15) is 0 Å². The molecule has 2 heterocycles. The zero-order valence-corrected chi connectivity index (χ0v) is 21.0. The minimum atomic E-state index is -3.82. The number of carbonyl (C=O) groups excluding carboxylic acids is 2. The number of hydrogen-bond acceptors (Lipinski definition) is 4. The second kappa shape index (κ2) is 9.77. The maximum Gasteiger partial charge on any atom is 0.244 e. The predicted octanol–water partition coefficient (Wildman–Crippen LogP) is 4.03. The number of aryl methyl sites for hydroxylation is 2. The molecule has 0 atom stereocenters. The van der Waals surface area contributed by atoms with Crippen molar-refractivity contribution in [1.82, 2.24) is 9.80 Å². The van der Waals surface area contributed by atoms with Crippen molar-refractivity contribution in [2.45, 2.75) is 87.7 Å². The molecule has 0 aromatic heterocycles. The minimum absolute atomic E-state index is 0.0534. The molecule has 2 aliphatic heterocycles. The van der Waals surface area contributed by atoms with Crippen molar-refractivity contribution >= 4 is 21.7 Å². The van der Waals surface area contributed by atoms with Crippen LogP contribution in [0, 0.1) is 19.8 Å². The van der Waals surface area contributed by atoms with Crippen LogP contribution in [0.25, 0.3) is 0 Å². The van der Waals surface area contributed by atoms with Gasteiger partial charge in [0.25, 0.3) is 0 Å². The Balaban J connectivity index is 1.50. The van der Waals surface area contributed by atoms with Gasteiger partial charge in [-0.3, -0.25) is 9.59 Å².